The van der Waals surface area contributed by atoms with Gasteiger partial charge in [0.25, 0.3) is 0 Å². The van der Waals surface area contributed by atoms with Crippen molar-refractivity contribution in [2.45, 2.75) is 56.8 Å². The van der Waals surface area contributed by atoms with Gasteiger partial charge < -0.3 is 9.47 Å². The van der Waals surface area contributed by atoms with E-state index < -0.39 is 0 Å². The average molecular weight is 276 g/mol. The molecule has 0 spiro atoms. The van der Waals surface area contributed by atoms with E-state index in [4.69, 9.17) is 15.3 Å². The summed E-state index contributed by atoms with van der Waals surface area (Å²) in [6.45, 7) is 0.885. The van der Waals surface area contributed by atoms with Crippen LogP contribution in [0.1, 0.15) is 50.1 Å². The fraction of sp³-hybridized carbons (Fsp3) is 0.625. The molecule has 1 aromatic rings. The lowest BCUT2D eigenvalue weighted by molar-refractivity contribution is 0.00502. The fourth-order valence-electron chi connectivity index (χ4n) is 2.71. The summed E-state index contributed by atoms with van der Waals surface area (Å²) in [6, 6.07) is 8.43. The Morgan fingerprint density at radius 2 is 2.00 bits per heavy atom. The van der Waals surface area contributed by atoms with Crippen LogP contribution in [0, 0.1) is 0 Å². The fourth-order valence-corrected chi connectivity index (χ4v) is 2.71. The van der Waals surface area contributed by atoms with Crippen molar-refractivity contribution in [3.05, 3.63) is 29.8 Å². The third-order valence-corrected chi connectivity index (χ3v) is 4.08. The van der Waals surface area contributed by atoms with Gasteiger partial charge in [0.1, 0.15) is 5.75 Å². The second-order valence-electron chi connectivity index (χ2n) is 5.83. The number of benzene rings is 1. The number of hydrazine groups is 1. The van der Waals surface area contributed by atoms with Gasteiger partial charge in [-0.15, -0.1) is 0 Å². The molecule has 1 saturated carbocycles. The zero-order valence-electron chi connectivity index (χ0n) is 11.9. The van der Waals surface area contributed by atoms with E-state index in [0.29, 0.717) is 12.2 Å². The van der Waals surface area contributed by atoms with Gasteiger partial charge in [0.15, 0.2) is 0 Å². The Labute approximate surface area is 120 Å². The molecule has 4 nitrogen and oxygen atoms in total. The minimum Gasteiger partial charge on any atom is -0.490 e. The highest BCUT2D eigenvalue weighted by Crippen LogP contribution is 2.29. The standard InChI is InChI=1S/C16H24N2O2/c17-18-16(11-15-3-1-2-10-19-15)12-4-6-13(7-5-12)20-14-8-9-14/h4-7,14-16,18H,1-3,8-11,17H2. The molecule has 110 valence electrons. The SMILES string of the molecule is NNC(CC1CCCCO1)c1ccc(OC2CC2)cc1. The van der Waals surface area contributed by atoms with Gasteiger partial charge in [-0.2, -0.15) is 0 Å². The van der Waals surface area contributed by atoms with Crippen molar-refractivity contribution < 1.29 is 9.47 Å². The minimum atomic E-state index is 0.146. The molecule has 1 aliphatic heterocycles. The van der Waals surface area contributed by atoms with Crippen molar-refractivity contribution in [2.24, 2.45) is 5.84 Å². The first-order valence-electron chi connectivity index (χ1n) is 7.69. The van der Waals surface area contributed by atoms with Crippen molar-refractivity contribution in [2.75, 3.05) is 6.61 Å². The highest BCUT2D eigenvalue weighted by Gasteiger charge is 2.24. The van der Waals surface area contributed by atoms with Gasteiger partial charge >= 0.3 is 0 Å². The third-order valence-electron chi connectivity index (χ3n) is 4.08. The van der Waals surface area contributed by atoms with E-state index in [9.17, 15) is 0 Å². The largest absolute Gasteiger partial charge is 0.490 e. The molecule has 20 heavy (non-hydrogen) atoms. The van der Waals surface area contributed by atoms with Crippen LogP contribution in [-0.2, 0) is 4.74 Å². The molecule has 3 rings (SSSR count). The maximum absolute atomic E-state index is 5.80. The summed E-state index contributed by atoms with van der Waals surface area (Å²) in [4.78, 5) is 0. The summed E-state index contributed by atoms with van der Waals surface area (Å²) < 4.78 is 11.6. The van der Waals surface area contributed by atoms with E-state index in [1.807, 2.05) is 12.1 Å². The molecule has 1 aromatic carbocycles. The van der Waals surface area contributed by atoms with Gasteiger partial charge in [0.05, 0.1) is 12.2 Å². The number of nitrogens with one attached hydrogen (secondary N) is 1. The maximum atomic E-state index is 5.80. The monoisotopic (exact) mass is 276 g/mol. The van der Waals surface area contributed by atoms with Crippen molar-refractivity contribution in [1.82, 2.24) is 5.43 Å². The van der Waals surface area contributed by atoms with Gasteiger partial charge in [-0.3, -0.25) is 11.3 Å². The van der Waals surface area contributed by atoms with Crippen LogP contribution in [0.2, 0.25) is 0 Å². The van der Waals surface area contributed by atoms with Crippen LogP contribution < -0.4 is 16.0 Å². The lowest BCUT2D eigenvalue weighted by Crippen LogP contribution is -2.32. The summed E-state index contributed by atoms with van der Waals surface area (Å²) in [5, 5.41) is 0. The molecule has 0 aromatic heterocycles. The first-order valence-corrected chi connectivity index (χ1v) is 7.69. The zero-order chi connectivity index (χ0) is 13.8. The summed E-state index contributed by atoms with van der Waals surface area (Å²) in [6.07, 6.45) is 7.66. The molecule has 4 heteroatoms. The molecular weight excluding hydrogens is 252 g/mol. The van der Waals surface area contributed by atoms with Crippen molar-refractivity contribution in [1.29, 1.82) is 0 Å². The van der Waals surface area contributed by atoms with E-state index in [-0.39, 0.29) is 6.04 Å². The van der Waals surface area contributed by atoms with Crippen LogP contribution in [0.25, 0.3) is 0 Å². The second-order valence-corrected chi connectivity index (χ2v) is 5.83. The lowest BCUT2D eigenvalue weighted by atomic mass is 9.97. The number of hydrogen-bond donors (Lipinski definition) is 2. The van der Waals surface area contributed by atoms with Crippen LogP contribution in [-0.4, -0.2) is 18.8 Å². The first-order chi connectivity index (χ1) is 9.85. The smallest absolute Gasteiger partial charge is 0.119 e. The quantitative estimate of drug-likeness (QED) is 0.619. The molecule has 2 aliphatic rings. The van der Waals surface area contributed by atoms with Crippen LogP contribution in [0.5, 0.6) is 5.75 Å². The Hall–Kier alpha value is -1.10. The van der Waals surface area contributed by atoms with Crippen LogP contribution >= 0.6 is 0 Å². The number of ether oxygens (including phenoxy) is 2. The maximum Gasteiger partial charge on any atom is 0.119 e. The predicted molar refractivity (Wildman–Crippen MR) is 78.4 cm³/mol. The van der Waals surface area contributed by atoms with E-state index in [0.717, 1.165) is 25.2 Å². The average Bonchev–Trinajstić information content (AvgIpc) is 3.31. The molecule has 2 unspecified atom stereocenters. The molecule has 1 aliphatic carbocycles. The molecule has 2 fully saturated rings. The first kappa shape index (κ1) is 13.9. The highest BCUT2D eigenvalue weighted by atomic mass is 16.5. The minimum absolute atomic E-state index is 0.146. The van der Waals surface area contributed by atoms with Gasteiger partial charge in [-0.05, 0) is 56.2 Å². The van der Waals surface area contributed by atoms with Crippen LogP contribution in [0.4, 0.5) is 0 Å². The highest BCUT2D eigenvalue weighted by molar-refractivity contribution is 5.29. The molecule has 0 radical (unpaired) electrons. The molecule has 3 N–H and O–H groups in total. The molecule has 1 saturated heterocycles. The molecule has 2 atom stereocenters. The molecule has 0 amide bonds. The molecule has 1 heterocycles. The van der Waals surface area contributed by atoms with Crippen LogP contribution in [0.3, 0.4) is 0 Å². The second kappa shape index (κ2) is 6.57. The summed E-state index contributed by atoms with van der Waals surface area (Å²) >= 11 is 0. The normalized spacial score (nSPS) is 24.4. The van der Waals surface area contributed by atoms with Crippen LogP contribution in [0.15, 0.2) is 24.3 Å². The Bertz CT molecular complexity index is 411. The van der Waals surface area contributed by atoms with Gasteiger partial charge in [0, 0.05) is 12.6 Å². The molecular formula is C16H24N2O2. The Balaban J connectivity index is 1.58. The number of nitrogens with two attached hydrogens (primary N) is 1. The predicted octanol–water partition coefficient (Wildman–Crippen LogP) is 2.69. The number of hydrogen-bond acceptors (Lipinski definition) is 4. The van der Waals surface area contributed by atoms with Crippen molar-refractivity contribution in [3.8, 4) is 5.75 Å². The Morgan fingerprint density at radius 3 is 2.60 bits per heavy atom. The summed E-state index contributed by atoms with van der Waals surface area (Å²) in [7, 11) is 0. The van der Waals surface area contributed by atoms with E-state index in [1.54, 1.807) is 0 Å². The Kier molecular flexibility index (Phi) is 4.55. The summed E-state index contributed by atoms with van der Waals surface area (Å²) in [5.41, 5.74) is 4.12. The number of rotatable bonds is 6. The lowest BCUT2D eigenvalue weighted by Gasteiger charge is -2.27. The van der Waals surface area contributed by atoms with Gasteiger partial charge in [0.2, 0.25) is 0 Å². The Morgan fingerprint density at radius 1 is 1.20 bits per heavy atom. The van der Waals surface area contributed by atoms with E-state index >= 15 is 0 Å². The molecule has 0 bridgehead atoms. The van der Waals surface area contributed by atoms with Gasteiger partial charge in [-0.25, -0.2) is 0 Å². The van der Waals surface area contributed by atoms with Gasteiger partial charge in [-0.1, -0.05) is 12.1 Å². The zero-order valence-corrected chi connectivity index (χ0v) is 11.9. The summed E-state index contributed by atoms with van der Waals surface area (Å²) in [5.74, 6) is 6.67. The van der Waals surface area contributed by atoms with Crippen molar-refractivity contribution in [3.63, 3.8) is 0 Å². The van der Waals surface area contributed by atoms with E-state index in [2.05, 4.69) is 17.6 Å². The topological polar surface area (TPSA) is 56.5 Å². The van der Waals surface area contributed by atoms with Crippen molar-refractivity contribution >= 4 is 0 Å². The van der Waals surface area contributed by atoms with E-state index in [1.165, 1.54) is 31.2 Å². The third kappa shape index (κ3) is 3.72.